The molecule has 0 spiro atoms. The van der Waals surface area contributed by atoms with Crippen molar-refractivity contribution < 1.29 is 14.0 Å². The van der Waals surface area contributed by atoms with Crippen LogP contribution in [-0.2, 0) is 18.3 Å². The molecule has 8 nitrogen and oxygen atoms in total. The van der Waals surface area contributed by atoms with Crippen LogP contribution in [0, 0.1) is 11.7 Å². The Balaban J connectivity index is 1.36. The van der Waals surface area contributed by atoms with Gasteiger partial charge in [-0.25, -0.2) is 9.07 Å². The second-order valence-corrected chi connectivity index (χ2v) is 10.1. The second kappa shape index (κ2) is 10.4. The van der Waals surface area contributed by atoms with Gasteiger partial charge in [0.25, 0.3) is 5.91 Å². The molecule has 3 atom stereocenters. The molecule has 0 aliphatic carbocycles. The summed E-state index contributed by atoms with van der Waals surface area (Å²) in [5.41, 5.74) is 3.68. The standard InChI is InChI=1S/C31H29FN6O2/c1-3-27-29(34-30(39)26-15-16-36(2)35-26)25(17-20-7-5-4-6-8-20)31(40)37(27)24-13-14-28-21(18-24)19-33-38(28)23-11-9-22(32)10-12-23/h4-16,18-19,25,27,29H,3,17H2,1-2H3,(H,34,39)/t25-,27+,29-/m0/s1. The Hall–Kier alpha value is -4.79. The van der Waals surface area contributed by atoms with Crippen molar-refractivity contribution >= 4 is 28.4 Å². The normalized spacial score (nSPS) is 18.9. The van der Waals surface area contributed by atoms with Gasteiger partial charge in [0.2, 0.25) is 5.91 Å². The van der Waals surface area contributed by atoms with Gasteiger partial charge in [-0.1, -0.05) is 37.3 Å². The Morgan fingerprint density at radius 2 is 1.75 bits per heavy atom. The molecular weight excluding hydrogens is 507 g/mol. The van der Waals surface area contributed by atoms with Gasteiger partial charge in [0.15, 0.2) is 0 Å². The van der Waals surface area contributed by atoms with E-state index in [1.165, 1.54) is 12.1 Å². The van der Waals surface area contributed by atoms with Crippen LogP contribution in [0.4, 0.5) is 10.1 Å². The number of amides is 2. The molecule has 3 aromatic carbocycles. The Morgan fingerprint density at radius 1 is 1.00 bits per heavy atom. The lowest BCUT2D eigenvalue weighted by Gasteiger charge is -2.28. The van der Waals surface area contributed by atoms with Crippen LogP contribution >= 0.6 is 0 Å². The number of carbonyl (C=O) groups is 2. The fourth-order valence-electron chi connectivity index (χ4n) is 5.68. The fraction of sp³-hybridized carbons (Fsp3) is 0.226. The number of halogens is 1. The third kappa shape index (κ3) is 4.64. The molecule has 1 saturated heterocycles. The maximum Gasteiger partial charge on any atom is 0.272 e. The zero-order valence-corrected chi connectivity index (χ0v) is 22.2. The third-order valence-corrected chi connectivity index (χ3v) is 7.60. The summed E-state index contributed by atoms with van der Waals surface area (Å²) in [4.78, 5) is 29.1. The van der Waals surface area contributed by atoms with Crippen LogP contribution in [0.15, 0.2) is 91.3 Å². The van der Waals surface area contributed by atoms with Crippen molar-refractivity contribution in [2.75, 3.05) is 4.90 Å². The first kappa shape index (κ1) is 25.5. The lowest BCUT2D eigenvalue weighted by atomic mass is 9.90. The van der Waals surface area contributed by atoms with Crippen molar-refractivity contribution in [2.24, 2.45) is 13.0 Å². The monoisotopic (exact) mass is 536 g/mol. The predicted octanol–water partition coefficient (Wildman–Crippen LogP) is 4.68. The quantitative estimate of drug-likeness (QED) is 0.327. The Morgan fingerprint density at radius 3 is 2.45 bits per heavy atom. The average molecular weight is 537 g/mol. The molecule has 1 N–H and O–H groups in total. The highest BCUT2D eigenvalue weighted by Gasteiger charge is 2.48. The second-order valence-electron chi connectivity index (χ2n) is 10.1. The van der Waals surface area contributed by atoms with Gasteiger partial charge in [0.05, 0.1) is 35.4 Å². The van der Waals surface area contributed by atoms with E-state index in [0.29, 0.717) is 18.5 Å². The van der Waals surface area contributed by atoms with Crippen LogP contribution in [0.5, 0.6) is 0 Å². The SMILES string of the molecule is CC[C@@H]1[C@@H](NC(=O)c2ccn(C)n2)[C@H](Cc2ccccc2)C(=O)N1c1ccc2c(cnn2-c2ccc(F)cc2)c1. The Bertz CT molecular complexity index is 1680. The lowest BCUT2D eigenvalue weighted by Crippen LogP contribution is -2.47. The van der Waals surface area contributed by atoms with Gasteiger partial charge in [-0.05, 0) is 66.9 Å². The van der Waals surface area contributed by atoms with Crippen molar-refractivity contribution in [1.82, 2.24) is 24.9 Å². The zero-order chi connectivity index (χ0) is 27.8. The first-order valence-electron chi connectivity index (χ1n) is 13.3. The van der Waals surface area contributed by atoms with Crippen LogP contribution in [-0.4, -0.2) is 43.5 Å². The van der Waals surface area contributed by atoms with Crippen LogP contribution < -0.4 is 10.2 Å². The van der Waals surface area contributed by atoms with E-state index >= 15 is 0 Å². The lowest BCUT2D eigenvalue weighted by molar-refractivity contribution is -0.120. The summed E-state index contributed by atoms with van der Waals surface area (Å²) in [6.07, 6.45) is 4.62. The van der Waals surface area contributed by atoms with E-state index in [1.807, 2.05) is 60.4 Å². The molecule has 2 aromatic heterocycles. The van der Waals surface area contributed by atoms with Crippen LogP contribution in [0.25, 0.3) is 16.6 Å². The van der Waals surface area contributed by atoms with E-state index in [4.69, 9.17) is 0 Å². The number of aromatic nitrogens is 4. The number of aryl methyl sites for hydroxylation is 1. The van der Waals surface area contributed by atoms with Gasteiger partial charge < -0.3 is 10.2 Å². The van der Waals surface area contributed by atoms with Gasteiger partial charge in [0, 0.05) is 24.3 Å². The predicted molar refractivity (Wildman–Crippen MR) is 151 cm³/mol. The molecule has 0 bridgehead atoms. The molecule has 0 saturated carbocycles. The van der Waals surface area contributed by atoms with Gasteiger partial charge in [0.1, 0.15) is 11.5 Å². The number of fused-ring (bicyclic) bond motifs is 1. The summed E-state index contributed by atoms with van der Waals surface area (Å²) < 4.78 is 16.8. The molecule has 1 fully saturated rings. The molecule has 0 radical (unpaired) electrons. The molecule has 0 unspecified atom stereocenters. The highest BCUT2D eigenvalue weighted by molar-refractivity contribution is 6.02. The molecule has 6 rings (SSSR count). The molecule has 202 valence electrons. The summed E-state index contributed by atoms with van der Waals surface area (Å²) in [5.74, 6) is -1.09. The van der Waals surface area contributed by atoms with Gasteiger partial charge in [-0.2, -0.15) is 10.2 Å². The van der Waals surface area contributed by atoms with E-state index in [0.717, 1.165) is 27.8 Å². The molecule has 9 heteroatoms. The molecule has 2 amide bonds. The topological polar surface area (TPSA) is 85.1 Å². The van der Waals surface area contributed by atoms with E-state index in [9.17, 15) is 14.0 Å². The van der Waals surface area contributed by atoms with Crippen molar-refractivity contribution in [1.29, 1.82) is 0 Å². The first-order valence-corrected chi connectivity index (χ1v) is 13.3. The van der Waals surface area contributed by atoms with Crippen molar-refractivity contribution in [2.45, 2.75) is 31.8 Å². The number of hydrogen-bond donors (Lipinski definition) is 1. The molecular formula is C31H29FN6O2. The van der Waals surface area contributed by atoms with Crippen molar-refractivity contribution in [3.05, 3.63) is 108 Å². The summed E-state index contributed by atoms with van der Waals surface area (Å²) in [7, 11) is 1.76. The summed E-state index contributed by atoms with van der Waals surface area (Å²) in [6.45, 7) is 2.03. The Kier molecular flexibility index (Phi) is 6.63. The number of hydrogen-bond acceptors (Lipinski definition) is 4. The highest BCUT2D eigenvalue weighted by Crippen LogP contribution is 2.36. The molecule has 3 heterocycles. The van der Waals surface area contributed by atoms with E-state index in [2.05, 4.69) is 15.5 Å². The maximum atomic E-state index is 14.1. The van der Waals surface area contributed by atoms with Crippen molar-refractivity contribution in [3.8, 4) is 5.69 Å². The minimum atomic E-state index is -0.447. The number of carbonyl (C=O) groups excluding carboxylic acids is 2. The number of benzene rings is 3. The molecule has 1 aliphatic heterocycles. The molecule has 5 aromatic rings. The zero-order valence-electron chi connectivity index (χ0n) is 22.2. The minimum absolute atomic E-state index is 0.0349. The highest BCUT2D eigenvalue weighted by atomic mass is 19.1. The van der Waals surface area contributed by atoms with Crippen molar-refractivity contribution in [3.63, 3.8) is 0 Å². The summed E-state index contributed by atoms with van der Waals surface area (Å²) >= 11 is 0. The van der Waals surface area contributed by atoms with Gasteiger partial charge in [-0.3, -0.25) is 14.3 Å². The largest absolute Gasteiger partial charge is 0.345 e. The third-order valence-electron chi connectivity index (χ3n) is 7.60. The maximum absolute atomic E-state index is 14.1. The smallest absolute Gasteiger partial charge is 0.272 e. The summed E-state index contributed by atoms with van der Waals surface area (Å²) in [6, 6.07) is 22.8. The first-order chi connectivity index (χ1) is 19.4. The van der Waals surface area contributed by atoms with Gasteiger partial charge in [-0.15, -0.1) is 0 Å². The minimum Gasteiger partial charge on any atom is -0.345 e. The van der Waals surface area contributed by atoms with E-state index in [-0.39, 0.29) is 23.7 Å². The van der Waals surface area contributed by atoms with E-state index < -0.39 is 12.0 Å². The number of nitrogens with zero attached hydrogens (tertiary/aromatic N) is 5. The van der Waals surface area contributed by atoms with Crippen LogP contribution in [0.3, 0.4) is 0 Å². The average Bonchev–Trinajstić information content (AvgIpc) is 3.66. The van der Waals surface area contributed by atoms with Gasteiger partial charge >= 0.3 is 0 Å². The fourth-order valence-corrected chi connectivity index (χ4v) is 5.68. The molecule has 40 heavy (non-hydrogen) atoms. The molecule has 1 aliphatic rings. The number of nitrogens with one attached hydrogen (secondary N) is 1. The number of rotatable bonds is 7. The Labute approximate surface area is 231 Å². The van der Waals surface area contributed by atoms with Crippen LogP contribution in [0.1, 0.15) is 29.4 Å². The number of anilines is 1. The van der Waals surface area contributed by atoms with Crippen LogP contribution in [0.2, 0.25) is 0 Å². The summed E-state index contributed by atoms with van der Waals surface area (Å²) in [5, 5.41) is 12.8. The van der Waals surface area contributed by atoms with E-state index in [1.54, 1.807) is 47.0 Å².